The molecule has 1 heteroatoms. The molecule has 0 N–H and O–H groups in total. The van der Waals surface area contributed by atoms with Gasteiger partial charge in [-0.2, -0.15) is 0 Å². The van der Waals surface area contributed by atoms with Crippen molar-refractivity contribution in [3.8, 4) is 0 Å². The summed E-state index contributed by atoms with van der Waals surface area (Å²) in [4.78, 5) is 0. The molecule has 0 aliphatic carbocycles. The van der Waals surface area contributed by atoms with E-state index < -0.39 is 0 Å². The second-order valence-corrected chi connectivity index (χ2v) is 2.99. The molecule has 0 aliphatic rings. The summed E-state index contributed by atoms with van der Waals surface area (Å²) in [7, 11) is 0. The van der Waals surface area contributed by atoms with Crippen molar-refractivity contribution in [2.45, 2.75) is 13.3 Å². The third kappa shape index (κ3) is 1.59. The Balaban J connectivity index is 3.01. The van der Waals surface area contributed by atoms with E-state index in [1.54, 1.807) is 0 Å². The van der Waals surface area contributed by atoms with Crippen molar-refractivity contribution in [1.82, 2.24) is 0 Å². The first-order chi connectivity index (χ1) is 4.34. The van der Waals surface area contributed by atoms with Crippen molar-refractivity contribution in [1.29, 1.82) is 0 Å². The van der Waals surface area contributed by atoms with Crippen LogP contribution in [-0.2, 0) is 6.42 Å². The Kier molecular flexibility index (Phi) is 2.36. The number of hydrogen-bond donors (Lipinski definition) is 0. The Bertz CT molecular complexity index is 194. The summed E-state index contributed by atoms with van der Waals surface area (Å²) in [6.07, 6.45) is 1.13. The molecule has 9 heavy (non-hydrogen) atoms. The first-order valence-corrected chi connectivity index (χ1v) is 4.05. The van der Waals surface area contributed by atoms with Gasteiger partial charge >= 0.3 is 64.4 Å². The second kappa shape index (κ2) is 3.08. The van der Waals surface area contributed by atoms with Gasteiger partial charge in [0.25, 0.3) is 0 Å². The summed E-state index contributed by atoms with van der Waals surface area (Å²) in [5.41, 5.74) is 1.43. The molecule has 0 fully saturated rings. The molecule has 2 radical (unpaired) electrons. The van der Waals surface area contributed by atoms with Gasteiger partial charge in [0.1, 0.15) is 0 Å². The molecule has 1 aromatic rings. The third-order valence-corrected chi connectivity index (χ3v) is 2.29. The quantitative estimate of drug-likeness (QED) is 0.566. The van der Waals surface area contributed by atoms with Crippen LogP contribution in [0.2, 0.25) is 0 Å². The summed E-state index contributed by atoms with van der Waals surface area (Å²) in [6, 6.07) is 8.43. The van der Waals surface area contributed by atoms with Crippen LogP contribution in [0.5, 0.6) is 0 Å². The van der Waals surface area contributed by atoms with Gasteiger partial charge in [0.05, 0.1) is 0 Å². The zero-order valence-electron chi connectivity index (χ0n) is 5.46. The van der Waals surface area contributed by atoms with Crippen molar-refractivity contribution < 1.29 is 0 Å². The van der Waals surface area contributed by atoms with Crippen LogP contribution in [0.4, 0.5) is 0 Å². The molecule has 0 unspecified atom stereocenters. The fourth-order valence-corrected chi connectivity index (χ4v) is 1.48. The van der Waals surface area contributed by atoms with Gasteiger partial charge in [-0.25, -0.2) is 0 Å². The minimum atomic E-state index is 1.13. The molecule has 0 nitrogen and oxygen atoms in total. The van der Waals surface area contributed by atoms with E-state index in [0.717, 1.165) is 6.42 Å². The molecular formula is C8H9As. The molecule has 0 aliphatic heterocycles. The van der Waals surface area contributed by atoms with Gasteiger partial charge in [0, 0.05) is 0 Å². The van der Waals surface area contributed by atoms with E-state index in [1.165, 1.54) is 9.91 Å². The number of benzene rings is 1. The van der Waals surface area contributed by atoms with Crippen molar-refractivity contribution in [2.75, 3.05) is 0 Å². The van der Waals surface area contributed by atoms with Crippen LogP contribution < -0.4 is 4.35 Å². The predicted octanol–water partition coefficient (Wildman–Crippen LogP) is 1.04. The molecule has 1 aromatic carbocycles. The van der Waals surface area contributed by atoms with Gasteiger partial charge in [0.2, 0.25) is 0 Å². The molecule has 0 amide bonds. The van der Waals surface area contributed by atoms with Crippen molar-refractivity contribution in [3.63, 3.8) is 0 Å². The fraction of sp³-hybridized carbons (Fsp3) is 0.250. The van der Waals surface area contributed by atoms with Gasteiger partial charge in [-0.05, 0) is 0 Å². The summed E-state index contributed by atoms with van der Waals surface area (Å²) < 4.78 is 1.34. The van der Waals surface area contributed by atoms with Crippen molar-refractivity contribution >= 4 is 21.2 Å². The van der Waals surface area contributed by atoms with Crippen LogP contribution >= 0.6 is 0 Å². The number of rotatable bonds is 1. The Labute approximate surface area is 64.8 Å². The fourth-order valence-electron chi connectivity index (χ4n) is 0.810. The van der Waals surface area contributed by atoms with Gasteiger partial charge in [0.15, 0.2) is 0 Å². The monoisotopic (exact) mass is 180 g/mol. The molecule has 0 bridgehead atoms. The molecule has 46 valence electrons. The van der Waals surface area contributed by atoms with Crippen LogP contribution in [0.3, 0.4) is 0 Å². The van der Waals surface area contributed by atoms with E-state index in [0.29, 0.717) is 0 Å². The molecule has 0 atom stereocenters. The average molecular weight is 180 g/mol. The first kappa shape index (κ1) is 6.89. The summed E-state index contributed by atoms with van der Waals surface area (Å²) in [5.74, 6) is 0. The molecule has 0 heterocycles. The van der Waals surface area contributed by atoms with Crippen molar-refractivity contribution in [2.24, 2.45) is 0 Å². The van der Waals surface area contributed by atoms with E-state index >= 15 is 0 Å². The van der Waals surface area contributed by atoms with Gasteiger partial charge in [-0.3, -0.25) is 0 Å². The molecule has 0 aromatic heterocycles. The molecular weight excluding hydrogens is 171 g/mol. The number of aryl methyl sites for hydroxylation is 1. The van der Waals surface area contributed by atoms with E-state index in [1.807, 2.05) is 0 Å². The number of hydrogen-bond acceptors (Lipinski definition) is 0. The van der Waals surface area contributed by atoms with Crippen LogP contribution in [0.15, 0.2) is 24.3 Å². The Morgan fingerprint density at radius 1 is 1.33 bits per heavy atom. The average Bonchev–Trinajstić information content (AvgIpc) is 1.89. The van der Waals surface area contributed by atoms with E-state index in [-0.39, 0.29) is 0 Å². The van der Waals surface area contributed by atoms with Gasteiger partial charge in [-0.15, -0.1) is 0 Å². The predicted molar refractivity (Wildman–Crippen MR) is 41.2 cm³/mol. The zero-order valence-corrected chi connectivity index (χ0v) is 7.34. The molecule has 0 saturated heterocycles. The zero-order chi connectivity index (χ0) is 6.69. The standard InChI is InChI=1S/C8H9As/c1-2-7-5-3-4-6-8(7)9/h3-6H,2H2,1H3. The van der Waals surface area contributed by atoms with E-state index in [9.17, 15) is 0 Å². The van der Waals surface area contributed by atoms with Crippen LogP contribution in [-0.4, -0.2) is 16.9 Å². The van der Waals surface area contributed by atoms with E-state index in [4.69, 9.17) is 0 Å². The topological polar surface area (TPSA) is 0 Å². The second-order valence-electron chi connectivity index (χ2n) is 1.98. The van der Waals surface area contributed by atoms with Gasteiger partial charge in [-0.1, -0.05) is 0 Å². The summed E-state index contributed by atoms with van der Waals surface area (Å²) in [6.45, 7) is 2.17. The Morgan fingerprint density at radius 2 is 2.00 bits per heavy atom. The Morgan fingerprint density at radius 3 is 2.44 bits per heavy atom. The maximum absolute atomic E-state index is 2.59. The third-order valence-electron chi connectivity index (χ3n) is 1.37. The molecule has 1 rings (SSSR count). The molecule has 0 saturated carbocycles. The van der Waals surface area contributed by atoms with Crippen LogP contribution in [0.1, 0.15) is 12.5 Å². The van der Waals surface area contributed by atoms with Crippen LogP contribution in [0.25, 0.3) is 0 Å². The summed E-state index contributed by atoms with van der Waals surface area (Å²) >= 11 is 2.59. The maximum atomic E-state index is 2.59. The first-order valence-electron chi connectivity index (χ1n) is 3.11. The minimum absolute atomic E-state index is 1.13. The van der Waals surface area contributed by atoms with Crippen LogP contribution in [0, 0.1) is 0 Å². The Hall–Kier alpha value is -0.222. The van der Waals surface area contributed by atoms with E-state index in [2.05, 4.69) is 48.0 Å². The molecule has 0 spiro atoms. The van der Waals surface area contributed by atoms with Crippen molar-refractivity contribution in [3.05, 3.63) is 29.8 Å². The van der Waals surface area contributed by atoms with Gasteiger partial charge < -0.3 is 0 Å². The SMILES string of the molecule is CCc1ccccc1[As]. The normalized spacial score (nSPS) is 9.56. The summed E-state index contributed by atoms with van der Waals surface area (Å²) in [5, 5.41) is 0.